The lowest BCUT2D eigenvalue weighted by molar-refractivity contribution is -0.132. The van der Waals surface area contributed by atoms with E-state index in [0.717, 1.165) is 37.9 Å². The number of amides is 1. The predicted octanol–water partition coefficient (Wildman–Crippen LogP) is 5.22. The molecule has 1 amide bonds. The van der Waals surface area contributed by atoms with Gasteiger partial charge in [0.1, 0.15) is 5.54 Å². The number of hydrogen-bond acceptors (Lipinski definition) is 3. The van der Waals surface area contributed by atoms with Crippen molar-refractivity contribution < 1.29 is 4.79 Å². The summed E-state index contributed by atoms with van der Waals surface area (Å²) in [6, 6.07) is 25.9. The van der Waals surface area contributed by atoms with Crippen LogP contribution in [0.1, 0.15) is 37.3 Å². The fourth-order valence-electron chi connectivity index (χ4n) is 6.99. The SMILES string of the molecule is CCC[C@H]1[C@@H]2[C@@H]3C=N[C@@]1(C(=O)NCc1ccccc1)C[C@@H]3CN2Cc1cccc2ccccc12. The van der Waals surface area contributed by atoms with E-state index in [1.165, 1.54) is 16.3 Å². The van der Waals surface area contributed by atoms with Crippen molar-refractivity contribution in [2.24, 2.45) is 22.7 Å². The van der Waals surface area contributed by atoms with Crippen LogP contribution < -0.4 is 5.32 Å². The van der Waals surface area contributed by atoms with Crippen LogP contribution in [0.5, 0.6) is 0 Å². The highest BCUT2D eigenvalue weighted by atomic mass is 16.2. The number of aliphatic imine (C=N–C) groups is 1. The molecule has 1 saturated carbocycles. The summed E-state index contributed by atoms with van der Waals surface area (Å²) >= 11 is 0. The lowest BCUT2D eigenvalue weighted by Gasteiger charge is -2.51. The van der Waals surface area contributed by atoms with Gasteiger partial charge in [0.25, 0.3) is 0 Å². The average Bonchev–Trinajstić information content (AvgIpc) is 3.18. The first-order chi connectivity index (χ1) is 16.7. The molecule has 0 unspecified atom stereocenters. The third kappa shape index (κ3) is 3.47. The standard InChI is InChI=1S/C30H33N3O/c1-2-9-27-28-26-18-32-30(27,29(34)31-17-21-10-4-3-5-11-21)16-24(26)20-33(28)19-23-14-8-13-22-12-6-7-15-25(22)23/h3-8,10-15,18,24,26-28H,2,9,16-17,19-20H2,1H3,(H,31,34)/t24-,26-,27+,28+,30+/m1/s1. The van der Waals surface area contributed by atoms with Crippen LogP contribution in [0.2, 0.25) is 0 Å². The van der Waals surface area contributed by atoms with Crippen LogP contribution in [-0.2, 0) is 17.9 Å². The summed E-state index contributed by atoms with van der Waals surface area (Å²) < 4.78 is 0. The largest absolute Gasteiger partial charge is 0.350 e. The molecular weight excluding hydrogens is 418 g/mol. The molecule has 174 valence electrons. The van der Waals surface area contributed by atoms with Crippen LogP contribution in [0.4, 0.5) is 0 Å². The van der Waals surface area contributed by atoms with E-state index in [9.17, 15) is 4.79 Å². The zero-order valence-electron chi connectivity index (χ0n) is 19.9. The van der Waals surface area contributed by atoms with Crippen molar-refractivity contribution in [3.05, 3.63) is 83.9 Å². The van der Waals surface area contributed by atoms with Gasteiger partial charge in [-0.2, -0.15) is 0 Å². The number of benzene rings is 3. The van der Waals surface area contributed by atoms with E-state index in [4.69, 9.17) is 4.99 Å². The highest BCUT2D eigenvalue weighted by molar-refractivity contribution is 5.91. The molecule has 1 saturated heterocycles. The summed E-state index contributed by atoms with van der Waals surface area (Å²) in [6.45, 7) is 4.80. The van der Waals surface area contributed by atoms with Gasteiger partial charge in [0.15, 0.2) is 0 Å². The molecule has 3 aromatic rings. The fraction of sp³-hybridized carbons (Fsp3) is 0.400. The molecule has 3 aromatic carbocycles. The van der Waals surface area contributed by atoms with Gasteiger partial charge in [-0.1, -0.05) is 86.1 Å². The van der Waals surface area contributed by atoms with E-state index in [-0.39, 0.29) is 11.8 Å². The van der Waals surface area contributed by atoms with Crippen LogP contribution in [0.25, 0.3) is 10.8 Å². The Kier molecular flexibility index (Phi) is 5.49. The Morgan fingerprint density at radius 3 is 2.71 bits per heavy atom. The summed E-state index contributed by atoms with van der Waals surface area (Å²) in [5.41, 5.74) is 1.90. The molecule has 4 aliphatic rings. The zero-order chi connectivity index (χ0) is 23.1. The predicted molar refractivity (Wildman–Crippen MR) is 138 cm³/mol. The topological polar surface area (TPSA) is 44.7 Å². The molecule has 4 nitrogen and oxygen atoms in total. The van der Waals surface area contributed by atoms with Crippen LogP contribution in [0.3, 0.4) is 0 Å². The van der Waals surface area contributed by atoms with Crippen molar-refractivity contribution in [1.29, 1.82) is 0 Å². The van der Waals surface area contributed by atoms with Gasteiger partial charge in [-0.25, -0.2) is 0 Å². The van der Waals surface area contributed by atoms with Crippen molar-refractivity contribution in [2.75, 3.05) is 6.54 Å². The number of fused-ring (bicyclic) bond motifs is 1. The molecule has 1 aliphatic carbocycles. The van der Waals surface area contributed by atoms with Gasteiger partial charge in [-0.05, 0) is 40.7 Å². The average molecular weight is 452 g/mol. The summed E-state index contributed by atoms with van der Waals surface area (Å²) in [6.07, 6.45) is 5.14. The second kappa shape index (κ2) is 8.66. The van der Waals surface area contributed by atoms with Crippen LogP contribution in [-0.4, -0.2) is 35.1 Å². The minimum Gasteiger partial charge on any atom is -0.350 e. The van der Waals surface area contributed by atoms with Crippen molar-refractivity contribution in [3.8, 4) is 0 Å². The Morgan fingerprint density at radius 1 is 1.06 bits per heavy atom. The molecule has 3 aliphatic heterocycles. The maximum absolute atomic E-state index is 13.7. The molecule has 7 rings (SSSR count). The first-order valence-electron chi connectivity index (χ1n) is 12.8. The van der Waals surface area contributed by atoms with Gasteiger partial charge in [-0.3, -0.25) is 14.7 Å². The molecule has 5 atom stereocenters. The molecule has 0 radical (unpaired) electrons. The number of rotatable bonds is 7. The number of nitrogens with zero attached hydrogens (tertiary/aromatic N) is 2. The minimum absolute atomic E-state index is 0.117. The minimum atomic E-state index is -0.623. The van der Waals surface area contributed by atoms with Crippen LogP contribution in [0, 0.1) is 17.8 Å². The summed E-state index contributed by atoms with van der Waals surface area (Å²) in [4.78, 5) is 21.4. The third-order valence-electron chi connectivity index (χ3n) is 8.45. The summed E-state index contributed by atoms with van der Waals surface area (Å²) in [7, 11) is 0. The molecule has 0 spiro atoms. The van der Waals surface area contributed by atoms with Gasteiger partial charge in [0.05, 0.1) is 0 Å². The van der Waals surface area contributed by atoms with Gasteiger partial charge < -0.3 is 5.32 Å². The van der Waals surface area contributed by atoms with E-state index in [0.29, 0.717) is 24.4 Å². The van der Waals surface area contributed by atoms with Gasteiger partial charge in [0, 0.05) is 43.7 Å². The molecule has 4 bridgehead atoms. The smallest absolute Gasteiger partial charge is 0.248 e. The van der Waals surface area contributed by atoms with Gasteiger partial charge >= 0.3 is 0 Å². The van der Waals surface area contributed by atoms with Crippen molar-refractivity contribution in [1.82, 2.24) is 10.2 Å². The molecule has 34 heavy (non-hydrogen) atoms. The van der Waals surface area contributed by atoms with Crippen molar-refractivity contribution in [2.45, 2.75) is 50.9 Å². The molecule has 1 N–H and O–H groups in total. The fourth-order valence-corrected chi connectivity index (χ4v) is 6.99. The number of nitrogens with one attached hydrogen (secondary N) is 1. The van der Waals surface area contributed by atoms with Crippen molar-refractivity contribution >= 4 is 22.9 Å². The summed E-state index contributed by atoms with van der Waals surface area (Å²) in [5, 5.41) is 5.90. The number of carbonyl (C=O) groups excluding carboxylic acids is 1. The monoisotopic (exact) mass is 451 g/mol. The summed E-state index contributed by atoms with van der Waals surface area (Å²) in [5.74, 6) is 1.35. The second-order valence-electron chi connectivity index (χ2n) is 10.4. The Hall–Kier alpha value is -2.98. The maximum atomic E-state index is 13.7. The number of likely N-dealkylation sites (tertiary alicyclic amines) is 1. The highest BCUT2D eigenvalue weighted by Crippen LogP contribution is 2.54. The van der Waals surface area contributed by atoms with E-state index in [2.05, 4.69) is 78.0 Å². The molecule has 2 fully saturated rings. The quantitative estimate of drug-likeness (QED) is 0.536. The third-order valence-corrected chi connectivity index (χ3v) is 8.45. The molecule has 0 aromatic heterocycles. The number of hydrogen-bond donors (Lipinski definition) is 1. The van der Waals surface area contributed by atoms with E-state index >= 15 is 0 Å². The maximum Gasteiger partial charge on any atom is 0.248 e. The zero-order valence-corrected chi connectivity index (χ0v) is 19.9. The molecule has 3 heterocycles. The lowest BCUT2D eigenvalue weighted by atomic mass is 9.60. The normalized spacial score (nSPS) is 29.6. The lowest BCUT2D eigenvalue weighted by Crippen LogP contribution is -2.63. The van der Waals surface area contributed by atoms with E-state index < -0.39 is 5.54 Å². The Balaban J connectivity index is 1.29. The second-order valence-corrected chi connectivity index (χ2v) is 10.4. The molecular formula is C30H33N3O. The Bertz CT molecular complexity index is 1220. The van der Waals surface area contributed by atoms with E-state index in [1.807, 2.05) is 18.2 Å². The van der Waals surface area contributed by atoms with Gasteiger partial charge in [-0.15, -0.1) is 0 Å². The number of carbonyl (C=O) groups is 1. The Morgan fingerprint density at radius 2 is 1.85 bits per heavy atom. The first-order valence-corrected chi connectivity index (χ1v) is 12.8. The van der Waals surface area contributed by atoms with Gasteiger partial charge in [0.2, 0.25) is 5.91 Å². The van der Waals surface area contributed by atoms with Crippen LogP contribution >= 0.6 is 0 Å². The van der Waals surface area contributed by atoms with E-state index in [1.54, 1.807) is 0 Å². The Labute approximate surface area is 202 Å². The molecule has 4 heteroatoms. The van der Waals surface area contributed by atoms with Crippen LogP contribution in [0.15, 0.2) is 77.8 Å². The van der Waals surface area contributed by atoms with Crippen molar-refractivity contribution in [3.63, 3.8) is 0 Å². The first kappa shape index (κ1) is 21.5. The highest BCUT2D eigenvalue weighted by Gasteiger charge is 2.63.